The van der Waals surface area contributed by atoms with Gasteiger partial charge < -0.3 is 24.8 Å². The molecule has 2 aliphatic rings. The first kappa shape index (κ1) is 29.4. The Kier molecular flexibility index (Phi) is 13.9. The zero-order chi connectivity index (χ0) is 19.9. The van der Waals surface area contributed by atoms with E-state index in [1.165, 1.54) is 6.56 Å². The van der Waals surface area contributed by atoms with Crippen molar-refractivity contribution in [3.8, 4) is 0 Å². The maximum atomic E-state index is 6.03. The standard InChI is InChI=1S/2C10H17O2Si.2ClH.Zr/c2*1-13(2,3)12-9-8-11-10-6-4-5-7-10;;;/h2*4,6H,5,8-9H2,1-3H3;2*1H;/q;;;;+2/p-2. The summed E-state index contributed by atoms with van der Waals surface area (Å²) in [6.45, 7) is 15.9. The fraction of sp³-hybridized carbons (Fsp3) is 0.600. The number of allylic oxidation sites excluding steroid dienone is 6. The number of rotatable bonds is 12. The first-order valence-electron chi connectivity index (χ1n) is 9.74. The molecule has 29 heavy (non-hydrogen) atoms. The minimum atomic E-state index is -1.46. The second kappa shape index (κ2) is 13.7. The Bertz CT molecular complexity index is 581. The zero-order valence-electron chi connectivity index (χ0n) is 18.4. The number of halogens is 2. The SMILES string of the molecule is C[Si](C)(C)OCCOC1=[C]([Zr+2][C]2=C(OCCO[Si](C)(C)C)C=CC2)CC=C1.[Cl-].[Cl-]. The van der Waals surface area contributed by atoms with Crippen molar-refractivity contribution in [2.75, 3.05) is 26.4 Å². The van der Waals surface area contributed by atoms with E-state index < -0.39 is 39.9 Å². The van der Waals surface area contributed by atoms with Gasteiger partial charge in [-0.05, 0) is 0 Å². The van der Waals surface area contributed by atoms with Gasteiger partial charge in [0.25, 0.3) is 0 Å². The van der Waals surface area contributed by atoms with Crippen LogP contribution in [0.4, 0.5) is 0 Å². The maximum absolute atomic E-state index is 6.03. The molecule has 0 N–H and O–H groups in total. The monoisotopic (exact) mass is 554 g/mol. The largest absolute Gasteiger partial charge is 1.00 e. The van der Waals surface area contributed by atoms with Crippen LogP contribution in [0, 0.1) is 0 Å². The zero-order valence-corrected chi connectivity index (χ0v) is 24.4. The molecule has 0 aromatic rings. The molecular formula is C20H34Cl2O4Si2Zr. The van der Waals surface area contributed by atoms with Crippen LogP contribution in [0.25, 0.3) is 0 Å². The van der Waals surface area contributed by atoms with Crippen molar-refractivity contribution in [2.45, 2.75) is 52.1 Å². The molecule has 0 aromatic heterocycles. The third kappa shape index (κ3) is 12.1. The number of hydrogen-bond donors (Lipinski definition) is 0. The van der Waals surface area contributed by atoms with E-state index in [9.17, 15) is 0 Å². The summed E-state index contributed by atoms with van der Waals surface area (Å²) in [6.07, 6.45) is 10.8. The van der Waals surface area contributed by atoms with Gasteiger partial charge in [0.1, 0.15) is 0 Å². The number of ether oxygens (including phenoxy) is 2. The Morgan fingerprint density at radius 3 is 1.41 bits per heavy atom. The van der Waals surface area contributed by atoms with Gasteiger partial charge in [0.2, 0.25) is 0 Å². The average molecular weight is 557 g/mol. The Morgan fingerprint density at radius 2 is 1.07 bits per heavy atom. The van der Waals surface area contributed by atoms with Crippen LogP contribution < -0.4 is 24.8 Å². The van der Waals surface area contributed by atoms with Gasteiger partial charge in [0.05, 0.1) is 0 Å². The van der Waals surface area contributed by atoms with Gasteiger partial charge >= 0.3 is 179 Å². The molecule has 0 aliphatic heterocycles. The van der Waals surface area contributed by atoms with Crippen molar-refractivity contribution < 1.29 is 66.4 Å². The molecule has 4 nitrogen and oxygen atoms in total. The Hall–Kier alpha value is 0.377. The number of hydrogen-bond acceptors (Lipinski definition) is 4. The quantitative estimate of drug-likeness (QED) is 0.232. The van der Waals surface area contributed by atoms with Crippen LogP contribution in [0.5, 0.6) is 0 Å². The van der Waals surface area contributed by atoms with Gasteiger partial charge in [-0.3, -0.25) is 0 Å². The summed E-state index contributed by atoms with van der Waals surface area (Å²) in [5.74, 6) is 2.17. The van der Waals surface area contributed by atoms with Crippen LogP contribution in [0.3, 0.4) is 0 Å². The summed E-state index contributed by atoms with van der Waals surface area (Å²) in [5, 5.41) is 0. The van der Waals surface area contributed by atoms with E-state index >= 15 is 0 Å². The molecule has 164 valence electrons. The molecule has 0 aromatic carbocycles. The molecule has 9 heteroatoms. The third-order valence-corrected chi connectivity index (χ3v) is 9.67. The van der Waals surface area contributed by atoms with Crippen LogP contribution in [-0.4, -0.2) is 43.1 Å². The normalized spacial score (nSPS) is 15.9. The van der Waals surface area contributed by atoms with Gasteiger partial charge in [-0.25, -0.2) is 0 Å². The second-order valence-electron chi connectivity index (χ2n) is 8.64. The van der Waals surface area contributed by atoms with Crippen molar-refractivity contribution in [1.82, 2.24) is 0 Å². The Morgan fingerprint density at radius 1 is 0.690 bits per heavy atom. The first-order valence-corrected chi connectivity index (χ1v) is 19.0. The molecule has 0 saturated carbocycles. The van der Waals surface area contributed by atoms with Crippen molar-refractivity contribution in [3.05, 3.63) is 42.4 Å². The molecule has 0 heterocycles. The van der Waals surface area contributed by atoms with Gasteiger partial charge in [0, 0.05) is 0 Å². The predicted molar refractivity (Wildman–Crippen MR) is 112 cm³/mol. The molecular weight excluding hydrogens is 523 g/mol. The fourth-order valence-corrected chi connectivity index (χ4v) is 7.38. The van der Waals surface area contributed by atoms with Crippen molar-refractivity contribution >= 4 is 16.6 Å². The molecule has 0 amide bonds. The van der Waals surface area contributed by atoms with E-state index in [0.29, 0.717) is 26.4 Å². The van der Waals surface area contributed by atoms with E-state index in [1.807, 2.05) is 0 Å². The van der Waals surface area contributed by atoms with Gasteiger partial charge in [-0.1, -0.05) is 0 Å². The maximum Gasteiger partial charge on any atom is -1.00 e. The molecule has 0 radical (unpaired) electrons. The molecule has 0 saturated heterocycles. The van der Waals surface area contributed by atoms with Crippen LogP contribution in [0.2, 0.25) is 39.3 Å². The summed E-state index contributed by atoms with van der Waals surface area (Å²) < 4.78 is 26.8. The van der Waals surface area contributed by atoms with Crippen LogP contribution in [0.1, 0.15) is 12.8 Å². The van der Waals surface area contributed by atoms with Crippen molar-refractivity contribution in [3.63, 3.8) is 0 Å². The second-order valence-corrected chi connectivity index (χ2v) is 21.3. The fourth-order valence-electron chi connectivity index (χ4n) is 2.65. The van der Waals surface area contributed by atoms with Crippen LogP contribution in [-0.2, 0) is 41.6 Å². The molecule has 0 atom stereocenters. The van der Waals surface area contributed by atoms with Crippen LogP contribution >= 0.6 is 0 Å². The Balaban J connectivity index is 0.00000392. The van der Waals surface area contributed by atoms with E-state index in [2.05, 4.69) is 63.6 Å². The first-order chi connectivity index (χ1) is 12.6. The van der Waals surface area contributed by atoms with E-state index in [0.717, 1.165) is 24.4 Å². The third-order valence-electron chi connectivity index (χ3n) is 3.83. The summed E-state index contributed by atoms with van der Waals surface area (Å²) >= 11 is -0.858. The summed E-state index contributed by atoms with van der Waals surface area (Å²) in [7, 11) is -2.92. The summed E-state index contributed by atoms with van der Waals surface area (Å²) in [6, 6.07) is 0. The summed E-state index contributed by atoms with van der Waals surface area (Å²) in [4.78, 5) is 0. The molecule has 0 spiro atoms. The van der Waals surface area contributed by atoms with E-state index in [4.69, 9.17) is 18.3 Å². The molecule has 2 aliphatic carbocycles. The van der Waals surface area contributed by atoms with E-state index in [1.54, 1.807) is 0 Å². The molecule has 0 unspecified atom stereocenters. The minimum Gasteiger partial charge on any atom is -1.00 e. The average Bonchev–Trinajstić information content (AvgIpc) is 3.16. The van der Waals surface area contributed by atoms with Crippen molar-refractivity contribution in [1.29, 1.82) is 0 Å². The smallest absolute Gasteiger partial charge is 1.00 e. The Labute approximate surface area is 202 Å². The molecule has 2 rings (SSSR count). The van der Waals surface area contributed by atoms with Crippen LogP contribution in [0.15, 0.2) is 42.4 Å². The van der Waals surface area contributed by atoms with Gasteiger partial charge in [0.15, 0.2) is 0 Å². The molecule has 0 bridgehead atoms. The molecule has 0 fully saturated rings. The summed E-state index contributed by atoms with van der Waals surface area (Å²) in [5.41, 5.74) is 0. The van der Waals surface area contributed by atoms with Gasteiger partial charge in [-0.15, -0.1) is 0 Å². The van der Waals surface area contributed by atoms with E-state index in [-0.39, 0.29) is 24.8 Å². The minimum absolute atomic E-state index is 0. The predicted octanol–water partition coefficient (Wildman–Crippen LogP) is -0.844. The van der Waals surface area contributed by atoms with Gasteiger partial charge in [-0.2, -0.15) is 0 Å². The van der Waals surface area contributed by atoms with Crippen molar-refractivity contribution in [2.24, 2.45) is 0 Å². The topological polar surface area (TPSA) is 36.9 Å².